The van der Waals surface area contributed by atoms with Crippen molar-refractivity contribution in [1.29, 1.82) is 0 Å². The minimum atomic E-state index is -0.535. The van der Waals surface area contributed by atoms with Gasteiger partial charge >= 0.3 is 5.97 Å². The van der Waals surface area contributed by atoms with Crippen LogP contribution in [-0.4, -0.2) is 23.6 Å². The van der Waals surface area contributed by atoms with Crippen molar-refractivity contribution in [3.63, 3.8) is 0 Å². The molecule has 98 valence electrons. The molecule has 0 aliphatic carbocycles. The minimum Gasteiger partial charge on any atom is -0.443 e. The Kier molecular flexibility index (Phi) is 3.41. The summed E-state index contributed by atoms with van der Waals surface area (Å²) < 4.78 is 4.99. The number of halogens is 1. The Morgan fingerprint density at radius 2 is 1.83 bits per heavy atom. The highest BCUT2D eigenvalue weighted by molar-refractivity contribution is 9.10. The molecule has 0 atom stereocenters. The topological polar surface area (TPSA) is 29.5 Å². The molecule has 0 bridgehead atoms. The number of alkyl halides is 1. The molecule has 4 heteroatoms. The number of carbonyl (C=O) groups is 1. The van der Waals surface area contributed by atoms with Crippen LogP contribution in [0, 0.1) is 5.41 Å². The van der Waals surface area contributed by atoms with Gasteiger partial charge in [-0.25, -0.2) is 0 Å². The molecule has 3 nitrogen and oxygen atoms in total. The fourth-order valence-corrected chi connectivity index (χ4v) is 2.48. The number of ether oxygens (including phenoxy) is 1. The summed E-state index contributed by atoms with van der Waals surface area (Å²) in [5.74, 6) is -0.174. The van der Waals surface area contributed by atoms with E-state index in [4.69, 9.17) is 4.74 Å². The highest BCUT2D eigenvalue weighted by Crippen LogP contribution is 2.36. The Morgan fingerprint density at radius 1 is 1.28 bits per heavy atom. The van der Waals surface area contributed by atoms with Gasteiger partial charge in [0.2, 0.25) is 4.51 Å². The number of benzene rings is 1. The molecule has 1 heterocycles. The first kappa shape index (κ1) is 13.4. The molecule has 0 radical (unpaired) electrons. The van der Waals surface area contributed by atoms with Crippen LogP contribution < -0.4 is 4.90 Å². The molecule has 0 amide bonds. The molecule has 0 saturated carbocycles. The van der Waals surface area contributed by atoms with E-state index < -0.39 is 9.93 Å². The van der Waals surface area contributed by atoms with Gasteiger partial charge in [0.25, 0.3) is 0 Å². The average molecular weight is 312 g/mol. The van der Waals surface area contributed by atoms with Crippen LogP contribution >= 0.6 is 15.9 Å². The van der Waals surface area contributed by atoms with Crippen molar-refractivity contribution in [3.8, 4) is 0 Å². The second kappa shape index (κ2) is 4.57. The van der Waals surface area contributed by atoms with E-state index in [0.717, 1.165) is 5.69 Å². The highest BCUT2D eigenvalue weighted by Gasteiger charge is 2.46. The predicted octanol–water partition coefficient (Wildman–Crippen LogP) is 3.19. The fraction of sp³-hybridized carbons (Fsp3) is 0.500. The van der Waals surface area contributed by atoms with Crippen LogP contribution in [0.2, 0.25) is 0 Å². The lowest BCUT2D eigenvalue weighted by molar-refractivity contribution is -0.162. The van der Waals surface area contributed by atoms with Crippen molar-refractivity contribution < 1.29 is 9.53 Å². The number of hydrogen-bond donors (Lipinski definition) is 0. The van der Waals surface area contributed by atoms with Crippen LogP contribution in [0.5, 0.6) is 0 Å². The summed E-state index contributed by atoms with van der Waals surface area (Å²) in [7, 11) is 0. The van der Waals surface area contributed by atoms with Crippen molar-refractivity contribution >= 4 is 27.6 Å². The normalized spacial score (nSPS) is 18.1. The van der Waals surface area contributed by atoms with Crippen LogP contribution in [0.1, 0.15) is 20.8 Å². The molecule has 0 aromatic heterocycles. The lowest BCUT2D eigenvalue weighted by atomic mass is 9.97. The van der Waals surface area contributed by atoms with Gasteiger partial charge in [-0.2, -0.15) is 0 Å². The summed E-state index contributed by atoms with van der Waals surface area (Å²) in [6, 6.07) is 10.1. The van der Waals surface area contributed by atoms with E-state index in [1.54, 1.807) is 0 Å². The van der Waals surface area contributed by atoms with Gasteiger partial charge in [0.05, 0.1) is 18.5 Å². The maximum atomic E-state index is 11.8. The van der Waals surface area contributed by atoms with Crippen LogP contribution in [0.25, 0.3) is 0 Å². The minimum absolute atomic E-state index is 0.174. The number of para-hydroxylation sites is 1. The van der Waals surface area contributed by atoms with E-state index in [2.05, 4.69) is 33.0 Å². The molecular formula is C14H18BrNO2. The van der Waals surface area contributed by atoms with Crippen molar-refractivity contribution in [2.75, 3.05) is 18.0 Å². The van der Waals surface area contributed by atoms with Gasteiger partial charge in [-0.15, -0.1) is 0 Å². The fourth-order valence-electron chi connectivity index (χ4n) is 1.73. The molecule has 1 aromatic carbocycles. The zero-order chi connectivity index (χ0) is 13.4. The van der Waals surface area contributed by atoms with E-state index in [9.17, 15) is 4.79 Å². The maximum Gasteiger partial charge on any atom is 0.312 e. The van der Waals surface area contributed by atoms with Crippen molar-refractivity contribution in [3.05, 3.63) is 30.3 Å². The largest absolute Gasteiger partial charge is 0.443 e. The monoisotopic (exact) mass is 311 g/mol. The Labute approximate surface area is 116 Å². The third kappa shape index (κ3) is 2.86. The molecule has 1 aliphatic heterocycles. The molecule has 0 spiro atoms. The first-order chi connectivity index (χ1) is 8.30. The smallest absolute Gasteiger partial charge is 0.312 e. The van der Waals surface area contributed by atoms with Crippen LogP contribution in [0.4, 0.5) is 5.69 Å². The molecule has 1 saturated heterocycles. The van der Waals surface area contributed by atoms with Crippen molar-refractivity contribution in [2.24, 2.45) is 5.41 Å². The molecule has 18 heavy (non-hydrogen) atoms. The number of nitrogens with zero attached hydrogens (tertiary/aromatic N) is 1. The standard InChI is InChI=1S/C14H18BrNO2/c1-13(2,3)12(17)18-14(15)9-16(10-14)11-7-5-4-6-8-11/h4-8H,9-10H2,1-3H3. The van der Waals surface area contributed by atoms with Crippen LogP contribution in [0.3, 0.4) is 0 Å². The average Bonchev–Trinajstić information content (AvgIpc) is 2.25. The second-order valence-corrected chi connectivity index (χ2v) is 7.16. The summed E-state index contributed by atoms with van der Waals surface area (Å²) in [4.78, 5) is 14.0. The SMILES string of the molecule is CC(C)(C)C(=O)OC1(Br)CN(c2ccccc2)C1. The van der Waals surface area contributed by atoms with Crippen molar-refractivity contribution in [2.45, 2.75) is 25.3 Å². The Morgan fingerprint density at radius 3 is 2.33 bits per heavy atom. The van der Waals surface area contributed by atoms with Gasteiger partial charge < -0.3 is 9.64 Å². The molecule has 0 unspecified atom stereocenters. The maximum absolute atomic E-state index is 11.8. The summed E-state index contributed by atoms with van der Waals surface area (Å²) in [6.07, 6.45) is 0. The molecule has 1 fully saturated rings. The quantitative estimate of drug-likeness (QED) is 0.620. The Hall–Kier alpha value is -1.03. The predicted molar refractivity (Wildman–Crippen MR) is 75.9 cm³/mol. The zero-order valence-corrected chi connectivity index (χ0v) is 12.5. The van der Waals surface area contributed by atoms with E-state index in [1.807, 2.05) is 39.0 Å². The van der Waals surface area contributed by atoms with Gasteiger partial charge in [-0.3, -0.25) is 4.79 Å². The van der Waals surface area contributed by atoms with Crippen LogP contribution in [0.15, 0.2) is 30.3 Å². The Bertz CT molecular complexity index is 433. The summed E-state index contributed by atoms with van der Waals surface area (Å²) >= 11 is 3.51. The van der Waals surface area contributed by atoms with Crippen LogP contribution in [-0.2, 0) is 9.53 Å². The second-order valence-electron chi connectivity index (χ2n) is 5.71. The molecular weight excluding hydrogens is 294 g/mol. The number of carbonyl (C=O) groups excluding carboxylic acids is 1. The number of rotatable bonds is 2. The summed E-state index contributed by atoms with van der Waals surface area (Å²) in [5, 5.41) is 0. The first-order valence-corrected chi connectivity index (χ1v) is 6.82. The third-order valence-corrected chi connectivity index (χ3v) is 3.53. The van der Waals surface area contributed by atoms with Gasteiger partial charge in [-0.1, -0.05) is 18.2 Å². The zero-order valence-electron chi connectivity index (χ0n) is 10.9. The number of hydrogen-bond acceptors (Lipinski definition) is 3. The lowest BCUT2D eigenvalue weighted by Gasteiger charge is -2.47. The third-order valence-electron chi connectivity index (χ3n) is 2.86. The van der Waals surface area contributed by atoms with E-state index >= 15 is 0 Å². The lowest BCUT2D eigenvalue weighted by Crippen LogP contribution is -2.61. The first-order valence-electron chi connectivity index (χ1n) is 6.03. The highest BCUT2D eigenvalue weighted by atomic mass is 79.9. The summed E-state index contributed by atoms with van der Waals surface area (Å²) in [5.41, 5.74) is 0.688. The molecule has 0 N–H and O–H groups in total. The van der Waals surface area contributed by atoms with Gasteiger partial charge in [0.15, 0.2) is 0 Å². The van der Waals surface area contributed by atoms with Crippen molar-refractivity contribution in [1.82, 2.24) is 0 Å². The van der Waals surface area contributed by atoms with E-state index in [1.165, 1.54) is 0 Å². The number of anilines is 1. The molecule has 1 aromatic rings. The van der Waals surface area contributed by atoms with Gasteiger partial charge in [0.1, 0.15) is 0 Å². The molecule has 1 aliphatic rings. The molecule has 2 rings (SSSR count). The number of esters is 1. The Balaban J connectivity index is 1.93. The summed E-state index contributed by atoms with van der Waals surface area (Å²) in [6.45, 7) is 6.94. The van der Waals surface area contributed by atoms with E-state index in [0.29, 0.717) is 13.1 Å². The van der Waals surface area contributed by atoms with Gasteiger partial charge in [0, 0.05) is 5.69 Å². The van der Waals surface area contributed by atoms with E-state index in [-0.39, 0.29) is 5.97 Å². The van der Waals surface area contributed by atoms with Gasteiger partial charge in [-0.05, 0) is 48.8 Å².